The molecule has 1 saturated carbocycles. The molecule has 1 amide bonds. The number of nitrogens with zero attached hydrogens (tertiary/aromatic N) is 4. The highest BCUT2D eigenvalue weighted by Crippen LogP contribution is 2.27. The number of aromatic nitrogens is 2. The highest BCUT2D eigenvalue weighted by Gasteiger charge is 2.25. The average Bonchev–Trinajstić information content (AvgIpc) is 2.79. The van der Waals surface area contributed by atoms with Crippen LogP contribution < -0.4 is 10.2 Å². The second kappa shape index (κ2) is 9.72. The Labute approximate surface area is 173 Å². The molecule has 1 aliphatic heterocycles. The van der Waals surface area contributed by atoms with Gasteiger partial charge in [0, 0.05) is 39.1 Å². The molecule has 154 valence electrons. The van der Waals surface area contributed by atoms with Crippen molar-refractivity contribution in [3.8, 4) is 0 Å². The topological polar surface area (TPSA) is 61.4 Å². The Morgan fingerprint density at radius 1 is 0.931 bits per heavy atom. The van der Waals surface area contributed by atoms with Crippen LogP contribution in [0.2, 0.25) is 0 Å². The third-order valence-electron chi connectivity index (χ3n) is 6.11. The number of hydrogen-bond donors (Lipinski definition) is 1. The molecule has 1 N–H and O–H groups in total. The van der Waals surface area contributed by atoms with E-state index in [9.17, 15) is 4.79 Å². The van der Waals surface area contributed by atoms with E-state index in [1.165, 1.54) is 37.7 Å². The summed E-state index contributed by atoms with van der Waals surface area (Å²) in [6.45, 7) is 3.93. The molecule has 4 rings (SSSR count). The number of benzene rings is 1. The minimum Gasteiger partial charge on any atom is -0.365 e. The van der Waals surface area contributed by atoms with Crippen molar-refractivity contribution in [1.29, 1.82) is 0 Å². The summed E-state index contributed by atoms with van der Waals surface area (Å²) in [6.07, 6.45) is 7.12. The first-order valence-electron chi connectivity index (χ1n) is 10.9. The van der Waals surface area contributed by atoms with E-state index in [0.717, 1.165) is 50.8 Å². The number of carbonyl (C=O) groups excluding carboxylic acids is 1. The Balaban J connectivity index is 1.23. The molecular formula is C23H31N5O. The summed E-state index contributed by atoms with van der Waals surface area (Å²) in [5.41, 5.74) is 1.22. The summed E-state index contributed by atoms with van der Waals surface area (Å²) in [7, 11) is 0. The van der Waals surface area contributed by atoms with E-state index in [1.54, 1.807) is 0 Å². The van der Waals surface area contributed by atoms with Gasteiger partial charge in [-0.25, -0.2) is 0 Å². The van der Waals surface area contributed by atoms with Crippen LogP contribution >= 0.6 is 0 Å². The van der Waals surface area contributed by atoms with Crippen molar-refractivity contribution in [3.05, 3.63) is 48.0 Å². The smallest absolute Gasteiger partial charge is 0.222 e. The Hall–Kier alpha value is -2.63. The zero-order valence-electron chi connectivity index (χ0n) is 17.1. The molecule has 0 bridgehead atoms. The second-order valence-corrected chi connectivity index (χ2v) is 8.19. The van der Waals surface area contributed by atoms with Crippen molar-refractivity contribution in [2.24, 2.45) is 5.92 Å². The average molecular weight is 394 g/mol. The van der Waals surface area contributed by atoms with Gasteiger partial charge in [-0.05, 0) is 36.5 Å². The number of rotatable bonds is 6. The zero-order chi connectivity index (χ0) is 19.9. The molecule has 0 unspecified atom stereocenters. The van der Waals surface area contributed by atoms with Gasteiger partial charge in [-0.15, -0.1) is 10.2 Å². The number of amides is 1. The highest BCUT2D eigenvalue weighted by molar-refractivity contribution is 5.76. The molecule has 6 nitrogen and oxygen atoms in total. The molecule has 1 aromatic heterocycles. The Morgan fingerprint density at radius 3 is 2.38 bits per heavy atom. The summed E-state index contributed by atoms with van der Waals surface area (Å²) in [5, 5.41) is 12.0. The standard InChI is InChI=1S/C23H31N5O/c29-23(17-19-7-3-1-4-8-19)28-15-13-27(14-16-28)22-12-11-21(25-26-22)24-18-20-9-5-2-6-10-20/h2,5-6,9-12,19H,1,3-4,7-8,13-18H2,(H,24,25). The fraction of sp³-hybridized carbons (Fsp3) is 0.522. The molecule has 0 atom stereocenters. The largest absolute Gasteiger partial charge is 0.365 e. The highest BCUT2D eigenvalue weighted by atomic mass is 16.2. The van der Waals surface area contributed by atoms with E-state index in [0.29, 0.717) is 11.8 Å². The van der Waals surface area contributed by atoms with Crippen molar-refractivity contribution in [3.63, 3.8) is 0 Å². The summed E-state index contributed by atoms with van der Waals surface area (Å²) in [4.78, 5) is 16.9. The number of piperazine rings is 1. The maximum Gasteiger partial charge on any atom is 0.222 e. The van der Waals surface area contributed by atoms with Crippen molar-refractivity contribution >= 4 is 17.5 Å². The van der Waals surface area contributed by atoms with Gasteiger partial charge in [-0.1, -0.05) is 49.6 Å². The van der Waals surface area contributed by atoms with Gasteiger partial charge in [0.1, 0.15) is 5.82 Å². The van der Waals surface area contributed by atoms with Crippen molar-refractivity contribution < 1.29 is 4.79 Å². The molecule has 2 aliphatic rings. The zero-order valence-corrected chi connectivity index (χ0v) is 17.1. The second-order valence-electron chi connectivity index (χ2n) is 8.19. The minimum absolute atomic E-state index is 0.336. The fourth-order valence-electron chi connectivity index (χ4n) is 4.33. The SMILES string of the molecule is O=C(CC1CCCCC1)N1CCN(c2ccc(NCc3ccccc3)nn2)CC1. The van der Waals surface area contributed by atoms with Gasteiger partial charge < -0.3 is 15.1 Å². The molecule has 2 fully saturated rings. The lowest BCUT2D eigenvalue weighted by molar-refractivity contribution is -0.132. The van der Waals surface area contributed by atoms with Gasteiger partial charge in [0.25, 0.3) is 0 Å². The van der Waals surface area contributed by atoms with Crippen LogP contribution in [0.15, 0.2) is 42.5 Å². The Morgan fingerprint density at radius 2 is 1.69 bits per heavy atom. The van der Waals surface area contributed by atoms with E-state index in [2.05, 4.69) is 32.5 Å². The fourth-order valence-corrected chi connectivity index (χ4v) is 4.33. The lowest BCUT2D eigenvalue weighted by Crippen LogP contribution is -2.49. The predicted octanol–water partition coefficient (Wildman–Crippen LogP) is 3.71. The molecule has 6 heteroatoms. The lowest BCUT2D eigenvalue weighted by atomic mass is 9.86. The van der Waals surface area contributed by atoms with Gasteiger partial charge in [-0.3, -0.25) is 4.79 Å². The van der Waals surface area contributed by atoms with Crippen molar-refractivity contribution in [2.75, 3.05) is 36.4 Å². The maximum atomic E-state index is 12.6. The van der Waals surface area contributed by atoms with Crippen LogP contribution in [0.25, 0.3) is 0 Å². The van der Waals surface area contributed by atoms with Gasteiger partial charge in [0.05, 0.1) is 0 Å². The van der Waals surface area contributed by atoms with E-state index < -0.39 is 0 Å². The number of carbonyl (C=O) groups is 1. The quantitative estimate of drug-likeness (QED) is 0.811. The first-order chi connectivity index (χ1) is 14.3. The molecule has 29 heavy (non-hydrogen) atoms. The van der Waals surface area contributed by atoms with E-state index in [4.69, 9.17) is 0 Å². The van der Waals surface area contributed by atoms with E-state index >= 15 is 0 Å². The first-order valence-corrected chi connectivity index (χ1v) is 10.9. The number of nitrogens with one attached hydrogen (secondary N) is 1. The summed E-state index contributed by atoms with van der Waals surface area (Å²) in [5.74, 6) is 2.60. The molecule has 0 spiro atoms. The normalized spacial score (nSPS) is 17.9. The number of anilines is 2. The molecular weight excluding hydrogens is 362 g/mol. The van der Waals surface area contributed by atoms with Gasteiger partial charge in [0.15, 0.2) is 5.82 Å². The minimum atomic E-state index is 0.336. The molecule has 0 radical (unpaired) electrons. The molecule has 2 heterocycles. The predicted molar refractivity (Wildman–Crippen MR) is 116 cm³/mol. The van der Waals surface area contributed by atoms with E-state index in [-0.39, 0.29) is 0 Å². The Kier molecular flexibility index (Phi) is 6.60. The number of hydrogen-bond acceptors (Lipinski definition) is 5. The van der Waals surface area contributed by atoms with Gasteiger partial charge >= 0.3 is 0 Å². The van der Waals surface area contributed by atoms with Gasteiger partial charge in [0.2, 0.25) is 5.91 Å². The van der Waals surface area contributed by atoms with Crippen LogP contribution in [0.4, 0.5) is 11.6 Å². The van der Waals surface area contributed by atoms with Crippen molar-refractivity contribution in [2.45, 2.75) is 45.1 Å². The summed E-state index contributed by atoms with van der Waals surface area (Å²) < 4.78 is 0. The van der Waals surface area contributed by atoms with Crippen LogP contribution in [0, 0.1) is 5.92 Å². The third-order valence-corrected chi connectivity index (χ3v) is 6.11. The lowest BCUT2D eigenvalue weighted by Gasteiger charge is -2.36. The van der Waals surface area contributed by atoms with Gasteiger partial charge in [-0.2, -0.15) is 0 Å². The van der Waals surface area contributed by atoms with E-state index in [1.807, 2.05) is 35.2 Å². The molecule has 1 saturated heterocycles. The first kappa shape index (κ1) is 19.7. The van der Waals surface area contributed by atoms with Crippen molar-refractivity contribution in [1.82, 2.24) is 15.1 Å². The summed E-state index contributed by atoms with van der Waals surface area (Å²) in [6, 6.07) is 14.2. The maximum absolute atomic E-state index is 12.6. The monoisotopic (exact) mass is 393 g/mol. The molecule has 2 aromatic rings. The third kappa shape index (κ3) is 5.46. The Bertz CT molecular complexity index is 766. The van der Waals surface area contributed by atoms with Crippen LogP contribution in [-0.4, -0.2) is 47.2 Å². The summed E-state index contributed by atoms with van der Waals surface area (Å²) >= 11 is 0. The van der Waals surface area contributed by atoms with Crippen LogP contribution in [-0.2, 0) is 11.3 Å². The molecule has 1 aliphatic carbocycles. The van der Waals surface area contributed by atoms with Crippen LogP contribution in [0.1, 0.15) is 44.1 Å². The molecule has 1 aromatic carbocycles. The van der Waals surface area contributed by atoms with Crippen LogP contribution in [0.5, 0.6) is 0 Å². The van der Waals surface area contributed by atoms with Crippen LogP contribution in [0.3, 0.4) is 0 Å².